The van der Waals surface area contributed by atoms with Gasteiger partial charge in [-0.05, 0) is 38.8 Å². The molecule has 1 saturated carbocycles. The van der Waals surface area contributed by atoms with Crippen LogP contribution in [0.3, 0.4) is 0 Å². The van der Waals surface area contributed by atoms with Crippen molar-refractivity contribution in [2.24, 2.45) is 0 Å². The first kappa shape index (κ1) is 18.2. The quantitative estimate of drug-likeness (QED) is 0.681. The summed E-state index contributed by atoms with van der Waals surface area (Å²) in [6.07, 6.45) is 3.56. The highest BCUT2D eigenvalue weighted by Gasteiger charge is 2.33. The van der Waals surface area contributed by atoms with Crippen molar-refractivity contribution < 1.29 is 9.18 Å². The number of halogens is 2. The van der Waals surface area contributed by atoms with E-state index in [1.807, 2.05) is 18.4 Å². The molecule has 0 unspecified atom stereocenters. The molecular formula is C17H20ClFN4OS. The fourth-order valence-electron chi connectivity index (χ4n) is 2.56. The maximum Gasteiger partial charge on any atom is 0.233 e. The summed E-state index contributed by atoms with van der Waals surface area (Å²) in [5.74, 6) is -0.170. The summed E-state index contributed by atoms with van der Waals surface area (Å²) in [6, 6.07) is 4.99. The largest absolute Gasteiger partial charge is 0.334 e. The molecule has 1 aromatic heterocycles. The van der Waals surface area contributed by atoms with Gasteiger partial charge >= 0.3 is 0 Å². The van der Waals surface area contributed by atoms with Gasteiger partial charge in [0.25, 0.3) is 0 Å². The van der Waals surface area contributed by atoms with E-state index in [2.05, 4.69) is 10.2 Å². The fourth-order valence-corrected chi connectivity index (χ4v) is 3.71. The van der Waals surface area contributed by atoms with Gasteiger partial charge in [0.05, 0.1) is 12.3 Å². The Labute approximate surface area is 155 Å². The number of nitrogens with zero attached hydrogens (tertiary/aromatic N) is 4. The second-order valence-electron chi connectivity index (χ2n) is 6.36. The predicted octanol–water partition coefficient (Wildman–Crippen LogP) is 3.93. The van der Waals surface area contributed by atoms with Crippen molar-refractivity contribution in [3.8, 4) is 0 Å². The monoisotopic (exact) mass is 382 g/mol. The third kappa shape index (κ3) is 4.33. The van der Waals surface area contributed by atoms with E-state index in [-0.39, 0.29) is 36.1 Å². The highest BCUT2D eigenvalue weighted by atomic mass is 35.5. The number of carbonyl (C=O) groups is 1. The molecule has 0 atom stereocenters. The number of hydrogen-bond acceptors (Lipinski definition) is 4. The predicted molar refractivity (Wildman–Crippen MR) is 96.1 cm³/mol. The molecule has 2 aromatic rings. The molecule has 1 fully saturated rings. The van der Waals surface area contributed by atoms with Crippen molar-refractivity contribution in [2.45, 2.75) is 50.5 Å². The Hall–Kier alpha value is -1.60. The Kier molecular flexibility index (Phi) is 5.64. The maximum atomic E-state index is 14.1. The van der Waals surface area contributed by atoms with Gasteiger partial charge in [-0.25, -0.2) is 4.39 Å². The van der Waals surface area contributed by atoms with Gasteiger partial charge in [0.1, 0.15) is 12.1 Å². The Morgan fingerprint density at radius 1 is 1.48 bits per heavy atom. The van der Waals surface area contributed by atoms with Crippen LogP contribution in [-0.2, 0) is 11.3 Å². The van der Waals surface area contributed by atoms with Crippen molar-refractivity contribution in [3.63, 3.8) is 0 Å². The summed E-state index contributed by atoms with van der Waals surface area (Å²) in [5, 5.41) is 9.03. The molecule has 0 radical (unpaired) electrons. The van der Waals surface area contributed by atoms with Crippen LogP contribution in [0.25, 0.3) is 0 Å². The van der Waals surface area contributed by atoms with E-state index in [4.69, 9.17) is 11.6 Å². The number of aromatic nitrogens is 3. The third-order valence-electron chi connectivity index (χ3n) is 4.12. The Balaban J connectivity index is 1.68. The minimum Gasteiger partial charge on any atom is -0.334 e. The first-order valence-corrected chi connectivity index (χ1v) is 9.58. The molecule has 1 aliphatic rings. The normalized spacial score (nSPS) is 14.1. The number of benzene rings is 1. The molecule has 0 saturated heterocycles. The van der Waals surface area contributed by atoms with Gasteiger partial charge in [-0.3, -0.25) is 4.79 Å². The van der Waals surface area contributed by atoms with Gasteiger partial charge in [0.15, 0.2) is 5.16 Å². The minimum atomic E-state index is -0.377. The number of amides is 1. The molecule has 1 heterocycles. The van der Waals surface area contributed by atoms with Gasteiger partial charge in [-0.2, -0.15) is 0 Å². The summed E-state index contributed by atoms with van der Waals surface area (Å²) < 4.78 is 16.0. The van der Waals surface area contributed by atoms with E-state index in [0.717, 1.165) is 12.8 Å². The summed E-state index contributed by atoms with van der Waals surface area (Å²) in [6.45, 7) is 4.27. The molecule has 8 heteroatoms. The number of carbonyl (C=O) groups excluding carboxylic acids is 1. The zero-order valence-corrected chi connectivity index (χ0v) is 15.7. The first-order chi connectivity index (χ1) is 12.0. The first-order valence-electron chi connectivity index (χ1n) is 8.22. The lowest BCUT2D eigenvalue weighted by Gasteiger charge is -2.23. The van der Waals surface area contributed by atoms with Crippen LogP contribution in [0.2, 0.25) is 5.02 Å². The van der Waals surface area contributed by atoms with Crippen LogP contribution >= 0.6 is 23.4 Å². The van der Waals surface area contributed by atoms with Gasteiger partial charge < -0.3 is 9.47 Å². The molecule has 1 aromatic carbocycles. The lowest BCUT2D eigenvalue weighted by atomic mass is 10.2. The number of hydrogen-bond donors (Lipinski definition) is 0. The van der Waals surface area contributed by atoms with Gasteiger partial charge in [0.2, 0.25) is 5.91 Å². The standard InChI is InChI=1S/C17H20ClFN4OS/c1-11(2)23-10-20-21-17(23)25-9-16(24)22(12-6-7-12)8-13-14(18)4-3-5-15(13)19/h3-5,10-12H,6-9H2,1-2H3. The van der Waals surface area contributed by atoms with Gasteiger partial charge in [-0.15, -0.1) is 10.2 Å². The summed E-state index contributed by atoms with van der Waals surface area (Å²) in [4.78, 5) is 14.4. The van der Waals surface area contributed by atoms with Gasteiger partial charge in [-0.1, -0.05) is 29.4 Å². The number of thioether (sulfide) groups is 1. The molecule has 0 N–H and O–H groups in total. The van der Waals surface area contributed by atoms with Crippen LogP contribution in [0.4, 0.5) is 4.39 Å². The molecule has 5 nitrogen and oxygen atoms in total. The maximum absolute atomic E-state index is 14.1. The van der Waals surface area contributed by atoms with Crippen molar-refractivity contribution in [1.82, 2.24) is 19.7 Å². The molecule has 1 aliphatic carbocycles. The number of rotatable bonds is 7. The van der Waals surface area contributed by atoms with Crippen molar-refractivity contribution in [3.05, 3.63) is 40.9 Å². The van der Waals surface area contributed by atoms with Crippen LogP contribution in [0.5, 0.6) is 0 Å². The average molecular weight is 383 g/mol. The molecule has 0 aliphatic heterocycles. The van der Waals surface area contributed by atoms with E-state index < -0.39 is 0 Å². The van der Waals surface area contributed by atoms with Gasteiger partial charge in [0, 0.05) is 22.7 Å². The summed E-state index contributed by atoms with van der Waals surface area (Å²) >= 11 is 7.47. The Morgan fingerprint density at radius 2 is 2.24 bits per heavy atom. The van der Waals surface area contributed by atoms with E-state index >= 15 is 0 Å². The average Bonchev–Trinajstić information content (AvgIpc) is 3.29. The third-order valence-corrected chi connectivity index (χ3v) is 5.42. The van der Waals surface area contributed by atoms with Crippen LogP contribution in [0, 0.1) is 5.82 Å². The SMILES string of the molecule is CC(C)n1cnnc1SCC(=O)N(Cc1c(F)cccc1Cl)C1CC1. The molecule has 0 spiro atoms. The molecule has 25 heavy (non-hydrogen) atoms. The highest BCUT2D eigenvalue weighted by molar-refractivity contribution is 7.99. The molecule has 1 amide bonds. The Bertz CT molecular complexity index is 743. The highest BCUT2D eigenvalue weighted by Crippen LogP contribution is 2.32. The zero-order chi connectivity index (χ0) is 18.0. The van der Waals surface area contributed by atoms with Crippen molar-refractivity contribution in [2.75, 3.05) is 5.75 Å². The van der Waals surface area contributed by atoms with E-state index in [9.17, 15) is 9.18 Å². The van der Waals surface area contributed by atoms with Crippen LogP contribution in [0.1, 0.15) is 38.3 Å². The minimum absolute atomic E-state index is 0.0369. The Morgan fingerprint density at radius 3 is 2.88 bits per heavy atom. The second-order valence-corrected chi connectivity index (χ2v) is 7.71. The molecular weight excluding hydrogens is 363 g/mol. The zero-order valence-electron chi connectivity index (χ0n) is 14.2. The van der Waals surface area contributed by atoms with Crippen LogP contribution in [0.15, 0.2) is 29.7 Å². The molecule has 0 bridgehead atoms. The van der Waals surface area contributed by atoms with Crippen molar-refractivity contribution >= 4 is 29.3 Å². The summed E-state index contributed by atoms with van der Waals surface area (Å²) in [7, 11) is 0. The van der Waals surface area contributed by atoms with E-state index in [0.29, 0.717) is 15.7 Å². The molecule has 134 valence electrons. The van der Waals surface area contributed by atoms with Crippen LogP contribution < -0.4 is 0 Å². The fraction of sp³-hybridized carbons (Fsp3) is 0.471. The van der Waals surface area contributed by atoms with E-state index in [1.165, 1.54) is 17.8 Å². The van der Waals surface area contributed by atoms with Crippen LogP contribution in [-0.4, -0.2) is 37.4 Å². The second kappa shape index (κ2) is 7.74. The lowest BCUT2D eigenvalue weighted by Crippen LogP contribution is -2.34. The van der Waals surface area contributed by atoms with Crippen molar-refractivity contribution in [1.29, 1.82) is 0 Å². The summed E-state index contributed by atoms with van der Waals surface area (Å²) in [5.41, 5.74) is 0.375. The van der Waals surface area contributed by atoms with E-state index in [1.54, 1.807) is 23.4 Å². The molecule has 3 rings (SSSR count). The smallest absolute Gasteiger partial charge is 0.233 e. The topological polar surface area (TPSA) is 51.0 Å². The lowest BCUT2D eigenvalue weighted by molar-refractivity contribution is -0.129.